The Bertz CT molecular complexity index is 1870. The number of aryl methyl sites for hydroxylation is 1. The minimum atomic E-state index is -0.726. The van der Waals surface area contributed by atoms with E-state index >= 15 is 0 Å². The predicted octanol–water partition coefficient (Wildman–Crippen LogP) is 3.99. The molecule has 2 heterocycles. The maximum absolute atomic E-state index is 13.0. The van der Waals surface area contributed by atoms with Crippen molar-refractivity contribution < 1.29 is 14.3 Å². The average molecular weight is 623 g/mol. The van der Waals surface area contributed by atoms with Gasteiger partial charge in [-0.3, -0.25) is 23.9 Å². The number of benzene rings is 2. The minimum absolute atomic E-state index is 0.113. The summed E-state index contributed by atoms with van der Waals surface area (Å²) in [6, 6.07) is 10.5. The number of halogens is 2. The number of hydrogen-bond donors (Lipinski definition) is 2. The van der Waals surface area contributed by atoms with Crippen molar-refractivity contribution in [2.75, 3.05) is 12.4 Å². The van der Waals surface area contributed by atoms with E-state index in [0.29, 0.717) is 58.4 Å². The quantitative estimate of drug-likeness (QED) is 0.301. The van der Waals surface area contributed by atoms with Crippen molar-refractivity contribution in [3.05, 3.63) is 90.9 Å². The summed E-state index contributed by atoms with van der Waals surface area (Å²) >= 11 is 13.6. The van der Waals surface area contributed by atoms with E-state index in [-0.39, 0.29) is 28.1 Å². The van der Waals surface area contributed by atoms with Crippen molar-refractivity contribution in [2.24, 2.45) is 14.1 Å². The molecule has 2 aromatic carbocycles. The van der Waals surface area contributed by atoms with Gasteiger partial charge in [0.15, 0.2) is 0 Å². The third kappa shape index (κ3) is 6.10. The van der Waals surface area contributed by atoms with Gasteiger partial charge in [0, 0.05) is 62.4 Å². The molecular weight excluding hydrogens is 595 g/mol. The van der Waals surface area contributed by atoms with Crippen LogP contribution in [0.4, 0.5) is 5.69 Å². The van der Waals surface area contributed by atoms with E-state index in [1.54, 1.807) is 42.6 Å². The lowest BCUT2D eigenvalue weighted by atomic mass is 10.0. The average Bonchev–Trinajstić information content (AvgIpc) is 3.42. The van der Waals surface area contributed by atoms with Crippen molar-refractivity contribution in [1.82, 2.24) is 24.4 Å². The molecule has 11 nitrogen and oxygen atoms in total. The fraction of sp³-hybridized carbons (Fsp3) is 0.267. The van der Waals surface area contributed by atoms with Crippen LogP contribution in [0.2, 0.25) is 10.0 Å². The second-order valence-corrected chi connectivity index (χ2v) is 10.9. The van der Waals surface area contributed by atoms with E-state index in [2.05, 4.69) is 20.6 Å². The van der Waals surface area contributed by atoms with Crippen molar-refractivity contribution in [2.45, 2.75) is 31.8 Å². The van der Waals surface area contributed by atoms with Crippen molar-refractivity contribution in [3.63, 3.8) is 0 Å². The lowest BCUT2D eigenvalue weighted by Gasteiger charge is -2.15. The Morgan fingerprint density at radius 3 is 2.44 bits per heavy atom. The van der Waals surface area contributed by atoms with Crippen molar-refractivity contribution in [1.29, 1.82) is 0 Å². The number of aromatic nitrogens is 4. The summed E-state index contributed by atoms with van der Waals surface area (Å²) in [5.41, 5.74) is 1.56. The summed E-state index contributed by atoms with van der Waals surface area (Å²) in [6.07, 6.45) is 4.69. The molecule has 0 radical (unpaired) electrons. The smallest absolute Gasteiger partial charge is 0.330 e. The number of hydrogen-bond acceptors (Lipinski definition) is 8. The van der Waals surface area contributed by atoms with Crippen LogP contribution in [0.25, 0.3) is 22.4 Å². The monoisotopic (exact) mass is 622 g/mol. The lowest BCUT2D eigenvalue weighted by Crippen LogP contribution is -2.40. The zero-order valence-corrected chi connectivity index (χ0v) is 25.1. The SMILES string of the molecule is COc1nc(-c2cccc(-c3cccc(NC(=O)c4cn(C)c(=O)n(C)c4=O)c3Cl)c2Cl)cnc1CN[C@@H]1CCC(=O)C1. The maximum atomic E-state index is 13.0. The number of ketones is 1. The van der Waals surface area contributed by atoms with Crippen LogP contribution in [0, 0.1) is 0 Å². The van der Waals surface area contributed by atoms with E-state index < -0.39 is 17.2 Å². The van der Waals surface area contributed by atoms with Gasteiger partial charge in [-0.2, -0.15) is 0 Å². The number of methoxy groups -OCH3 is 1. The molecule has 5 rings (SSSR count). The first-order chi connectivity index (χ1) is 20.6. The number of rotatable bonds is 8. The molecular formula is C30H28Cl2N6O5. The van der Waals surface area contributed by atoms with Gasteiger partial charge in [0.25, 0.3) is 11.5 Å². The van der Waals surface area contributed by atoms with Crippen LogP contribution < -0.4 is 26.6 Å². The normalized spacial score (nSPS) is 14.6. The second kappa shape index (κ2) is 12.5. The third-order valence-corrected chi connectivity index (χ3v) is 8.13. The van der Waals surface area contributed by atoms with E-state index in [4.69, 9.17) is 27.9 Å². The zero-order valence-electron chi connectivity index (χ0n) is 23.6. The van der Waals surface area contributed by atoms with Gasteiger partial charge in [0.05, 0.1) is 34.7 Å². The number of Topliss-reactive ketones (excluding diaryl/α,β-unsaturated/α-hetero) is 1. The molecule has 0 aliphatic heterocycles. The van der Waals surface area contributed by atoms with Crippen LogP contribution in [-0.4, -0.2) is 43.9 Å². The molecule has 4 aromatic rings. The molecule has 43 heavy (non-hydrogen) atoms. The molecule has 13 heteroatoms. The van der Waals surface area contributed by atoms with Gasteiger partial charge >= 0.3 is 5.69 Å². The van der Waals surface area contributed by atoms with Gasteiger partial charge in [-0.25, -0.2) is 9.78 Å². The molecule has 0 saturated heterocycles. The number of nitrogens with one attached hydrogen (secondary N) is 2. The fourth-order valence-electron chi connectivity index (χ4n) is 4.97. The summed E-state index contributed by atoms with van der Waals surface area (Å²) in [5, 5.41) is 6.56. The van der Waals surface area contributed by atoms with Gasteiger partial charge < -0.3 is 19.9 Å². The summed E-state index contributed by atoms with van der Waals surface area (Å²) < 4.78 is 7.52. The first-order valence-electron chi connectivity index (χ1n) is 13.4. The van der Waals surface area contributed by atoms with Crippen LogP contribution >= 0.6 is 23.2 Å². The molecule has 222 valence electrons. The Hall–Kier alpha value is -4.32. The van der Waals surface area contributed by atoms with Crippen LogP contribution in [0.3, 0.4) is 0 Å². The molecule has 1 saturated carbocycles. The first kappa shape index (κ1) is 30.1. The molecule has 1 amide bonds. The van der Waals surface area contributed by atoms with Crippen LogP contribution in [-0.2, 0) is 25.4 Å². The highest BCUT2D eigenvalue weighted by Gasteiger charge is 2.23. The molecule has 2 N–H and O–H groups in total. The van der Waals surface area contributed by atoms with Crippen molar-refractivity contribution >= 4 is 40.6 Å². The van der Waals surface area contributed by atoms with E-state index in [1.807, 2.05) is 0 Å². The Labute approximate surface area is 256 Å². The number of nitrogens with zero attached hydrogens (tertiary/aromatic N) is 4. The third-order valence-electron chi connectivity index (χ3n) is 7.31. The second-order valence-electron chi connectivity index (χ2n) is 10.2. The topological polar surface area (TPSA) is 137 Å². The highest BCUT2D eigenvalue weighted by molar-refractivity contribution is 6.39. The van der Waals surface area contributed by atoms with Gasteiger partial charge in [-0.15, -0.1) is 0 Å². The van der Waals surface area contributed by atoms with Gasteiger partial charge in [-0.1, -0.05) is 53.5 Å². The standard InChI is InChI=1S/C30H28Cl2N6O5/c1-37-15-21(29(41)38(2)30(37)42)27(40)35-22-9-5-7-19(26(22)32)18-6-4-8-20(25(18)31)23-13-34-24(28(36-23)43-3)14-33-16-10-11-17(39)12-16/h4-9,13,15-16,33H,10-12,14H2,1-3H3,(H,35,40)/t16-/m1/s1. The van der Waals surface area contributed by atoms with Gasteiger partial charge in [0.1, 0.15) is 17.0 Å². The number of ether oxygens (including phenoxy) is 1. The molecule has 0 unspecified atom stereocenters. The molecule has 0 bridgehead atoms. The summed E-state index contributed by atoms with van der Waals surface area (Å²) in [7, 11) is 4.26. The summed E-state index contributed by atoms with van der Waals surface area (Å²) in [6.45, 7) is 0.404. The van der Waals surface area contributed by atoms with Crippen molar-refractivity contribution in [3.8, 4) is 28.3 Å². The predicted molar refractivity (Wildman–Crippen MR) is 164 cm³/mol. The van der Waals surface area contributed by atoms with Crippen LogP contribution in [0.1, 0.15) is 35.3 Å². The molecule has 1 atom stereocenters. The maximum Gasteiger partial charge on any atom is 0.330 e. The first-order valence-corrected chi connectivity index (χ1v) is 14.1. The lowest BCUT2D eigenvalue weighted by molar-refractivity contribution is -0.117. The van der Waals surface area contributed by atoms with Crippen LogP contribution in [0.5, 0.6) is 5.88 Å². The van der Waals surface area contributed by atoms with Gasteiger partial charge in [0.2, 0.25) is 5.88 Å². The summed E-state index contributed by atoms with van der Waals surface area (Å²) in [4.78, 5) is 58.3. The van der Waals surface area contributed by atoms with E-state index in [9.17, 15) is 19.2 Å². The molecule has 0 spiro atoms. The molecule has 1 aliphatic rings. The molecule has 2 aromatic heterocycles. The Balaban J connectivity index is 1.43. The largest absolute Gasteiger partial charge is 0.480 e. The number of carbonyl (C=O) groups is 2. The van der Waals surface area contributed by atoms with E-state index in [0.717, 1.165) is 15.6 Å². The van der Waals surface area contributed by atoms with Gasteiger partial charge in [-0.05, 0) is 12.5 Å². The highest BCUT2D eigenvalue weighted by atomic mass is 35.5. The fourth-order valence-corrected chi connectivity index (χ4v) is 5.57. The van der Waals surface area contributed by atoms with Crippen LogP contribution in [0.15, 0.2) is 58.4 Å². The Kier molecular flexibility index (Phi) is 8.77. The highest BCUT2D eigenvalue weighted by Crippen LogP contribution is 2.41. The number of carbonyl (C=O) groups excluding carboxylic acids is 2. The zero-order chi connectivity index (χ0) is 30.8. The Morgan fingerprint density at radius 1 is 1.05 bits per heavy atom. The van der Waals surface area contributed by atoms with E-state index in [1.165, 1.54) is 27.4 Å². The molecule has 1 aliphatic carbocycles. The summed E-state index contributed by atoms with van der Waals surface area (Å²) in [5.74, 6) is -0.127. The Morgan fingerprint density at radius 2 is 1.74 bits per heavy atom. The number of anilines is 1. The number of amides is 1. The minimum Gasteiger partial charge on any atom is -0.480 e. The molecule has 1 fully saturated rings.